The van der Waals surface area contributed by atoms with Gasteiger partial charge >= 0.3 is 24.0 Å². The number of amides is 2. The van der Waals surface area contributed by atoms with Gasteiger partial charge in [0.1, 0.15) is 11.5 Å². The number of alkyl halides is 7. The monoisotopic (exact) mass is 863 g/mol. The van der Waals surface area contributed by atoms with Crippen LogP contribution in [0, 0.1) is 21.2 Å². The summed E-state index contributed by atoms with van der Waals surface area (Å²) >= 11 is 3.92. The maximum Gasteiger partial charge on any atom is 0.435 e. The molecule has 19 heteroatoms. The molecule has 2 amide bonds. The van der Waals surface area contributed by atoms with Crippen LogP contribution in [-0.4, -0.2) is 35.1 Å². The van der Waals surface area contributed by atoms with Gasteiger partial charge < -0.3 is 10.2 Å². The fourth-order valence-corrected chi connectivity index (χ4v) is 5.65. The van der Waals surface area contributed by atoms with Gasteiger partial charge in [-0.15, -0.1) is 5.06 Å². The molecule has 0 saturated heterocycles. The van der Waals surface area contributed by atoms with Crippen molar-refractivity contribution in [2.75, 3.05) is 10.4 Å². The Labute approximate surface area is 284 Å². The van der Waals surface area contributed by atoms with Crippen LogP contribution in [0.4, 0.5) is 55.3 Å². The quantitative estimate of drug-likeness (QED) is 0.0907. The third-order valence-electron chi connectivity index (χ3n) is 6.31. The number of aromatic nitrogens is 1. The van der Waals surface area contributed by atoms with Crippen LogP contribution in [0.1, 0.15) is 36.6 Å². The van der Waals surface area contributed by atoms with Crippen LogP contribution >= 0.6 is 38.5 Å². The van der Waals surface area contributed by atoms with E-state index in [-0.39, 0.29) is 22.8 Å². The van der Waals surface area contributed by atoms with E-state index in [9.17, 15) is 53.9 Å². The highest BCUT2D eigenvalue weighted by Gasteiger charge is 2.73. The number of nitrogens with zero attached hydrogens (tertiary/aromatic N) is 2. The number of nitrogens with one attached hydrogen (secondary N) is 1. The summed E-state index contributed by atoms with van der Waals surface area (Å²) in [5.41, 5.74) is -10.6. The number of hydrogen-bond acceptors (Lipinski definition) is 5. The zero-order valence-electron chi connectivity index (χ0n) is 23.0. The fraction of sp³-hybridized carbons (Fsp3) is 0.103. The molecule has 252 valence electrons. The lowest BCUT2D eigenvalue weighted by molar-refractivity contribution is -0.348. The molecule has 1 N–H and O–H groups in total. The van der Waals surface area contributed by atoms with E-state index in [2.05, 4.69) is 26.2 Å². The summed E-state index contributed by atoms with van der Waals surface area (Å²) in [6, 6.07) is 8.41. The molecule has 7 nitrogen and oxygen atoms in total. The average Bonchev–Trinajstić information content (AvgIpc) is 3.00. The normalized spacial score (nSPS) is 12.0. The Morgan fingerprint density at radius 2 is 1.44 bits per heavy atom. The molecule has 0 aliphatic heterocycles. The minimum Gasteiger partial charge on any atom is -0.327 e. The number of hydrogen-bond donors (Lipinski definition) is 1. The summed E-state index contributed by atoms with van der Waals surface area (Å²) in [5.74, 6) is -7.26. The Hall–Kier alpha value is -4.27. The Morgan fingerprint density at radius 3 is 1.98 bits per heavy atom. The zero-order valence-corrected chi connectivity index (χ0v) is 26.7. The predicted molar refractivity (Wildman–Crippen MR) is 159 cm³/mol. The van der Waals surface area contributed by atoms with E-state index in [4.69, 9.17) is 4.84 Å². The molecule has 4 aromatic rings. The van der Waals surface area contributed by atoms with Crippen LogP contribution in [0.3, 0.4) is 0 Å². The highest BCUT2D eigenvalue weighted by Crippen LogP contribution is 2.54. The second-order valence-electron chi connectivity index (χ2n) is 9.42. The van der Waals surface area contributed by atoms with Crippen molar-refractivity contribution < 1.29 is 63.1 Å². The average molecular weight is 864 g/mol. The number of benzene rings is 3. The molecule has 0 aliphatic rings. The highest BCUT2D eigenvalue weighted by molar-refractivity contribution is 14.1. The van der Waals surface area contributed by atoms with Crippen LogP contribution in [0.15, 0.2) is 77.4 Å². The lowest BCUT2D eigenvalue weighted by Gasteiger charge is -2.31. The number of halogens is 12. The lowest BCUT2D eigenvalue weighted by Crippen LogP contribution is -2.50. The maximum atomic E-state index is 15.9. The topological polar surface area (TPSA) is 88.6 Å². The van der Waals surface area contributed by atoms with Crippen molar-refractivity contribution in [3.8, 4) is 0 Å². The van der Waals surface area contributed by atoms with Crippen molar-refractivity contribution in [3.63, 3.8) is 0 Å². The van der Waals surface area contributed by atoms with Crippen LogP contribution in [0.5, 0.6) is 0 Å². The number of anilines is 2. The summed E-state index contributed by atoms with van der Waals surface area (Å²) in [6.07, 6.45) is -12.1. The molecule has 0 aliphatic carbocycles. The van der Waals surface area contributed by atoms with Gasteiger partial charge in [0.25, 0.3) is 11.8 Å². The van der Waals surface area contributed by atoms with E-state index < -0.39 is 89.5 Å². The standard InChI is InChI=1S/C29H13BrF10IN3O4/c30-18-10-15(27(34,28(35,36)37)29(38,39)40)11-19(41)23(18)43-24(45)17-2-1-3-20(22(17)33)44(25(46)13-4-7-16(31)8-5-13)48-26(47)14-6-9-21(32)42-12-14/h1-12H,(H,43,45). The molecule has 4 rings (SSSR count). The summed E-state index contributed by atoms with van der Waals surface area (Å²) in [4.78, 5) is 47.6. The van der Waals surface area contributed by atoms with Gasteiger partial charge in [-0.3, -0.25) is 9.59 Å². The summed E-state index contributed by atoms with van der Waals surface area (Å²) in [6.45, 7) is 0. The summed E-state index contributed by atoms with van der Waals surface area (Å²) in [5, 5.41) is 2.19. The van der Waals surface area contributed by atoms with Crippen molar-refractivity contribution in [2.45, 2.75) is 18.0 Å². The third-order valence-corrected chi connectivity index (χ3v) is 7.79. The molecule has 0 radical (unpaired) electrons. The number of carbonyl (C=O) groups excluding carboxylic acids is 3. The Kier molecular flexibility index (Phi) is 10.4. The first-order chi connectivity index (χ1) is 22.3. The Morgan fingerprint density at radius 1 is 0.833 bits per heavy atom. The lowest BCUT2D eigenvalue weighted by atomic mass is 9.94. The fourth-order valence-electron chi connectivity index (χ4n) is 3.95. The first-order valence-electron chi connectivity index (χ1n) is 12.6. The van der Waals surface area contributed by atoms with Crippen molar-refractivity contribution in [2.24, 2.45) is 0 Å². The molecule has 0 bridgehead atoms. The van der Waals surface area contributed by atoms with Crippen molar-refractivity contribution in [3.05, 3.63) is 121 Å². The maximum absolute atomic E-state index is 15.9. The summed E-state index contributed by atoms with van der Waals surface area (Å²) < 4.78 is 136. The van der Waals surface area contributed by atoms with Gasteiger partial charge in [0, 0.05) is 25.4 Å². The third kappa shape index (κ3) is 7.25. The van der Waals surface area contributed by atoms with Gasteiger partial charge in [-0.05, 0) is 99.2 Å². The molecule has 1 heterocycles. The van der Waals surface area contributed by atoms with Gasteiger partial charge in [0.05, 0.1) is 16.8 Å². The van der Waals surface area contributed by atoms with Crippen LogP contribution in [0.2, 0.25) is 0 Å². The van der Waals surface area contributed by atoms with Gasteiger partial charge in [0.2, 0.25) is 5.95 Å². The van der Waals surface area contributed by atoms with Gasteiger partial charge in [-0.1, -0.05) is 6.07 Å². The minimum atomic E-state index is -6.42. The van der Waals surface area contributed by atoms with Crippen LogP contribution in [0.25, 0.3) is 0 Å². The number of pyridine rings is 1. The zero-order chi connectivity index (χ0) is 35.8. The smallest absolute Gasteiger partial charge is 0.327 e. The molecular weight excluding hydrogens is 851 g/mol. The van der Waals surface area contributed by atoms with Gasteiger partial charge in [0.15, 0.2) is 5.82 Å². The number of carbonyl (C=O) groups is 3. The SMILES string of the molecule is O=C(ON(C(=O)c1ccc(F)cc1)c1cccc(C(=O)Nc2c(Br)cc(C(F)(C(F)(F)F)C(F)(F)F)cc2I)c1F)c1ccc(F)nc1. The molecule has 3 aromatic carbocycles. The van der Waals surface area contributed by atoms with E-state index >= 15 is 4.39 Å². The van der Waals surface area contributed by atoms with Crippen molar-refractivity contribution in [1.29, 1.82) is 0 Å². The predicted octanol–water partition coefficient (Wildman–Crippen LogP) is 8.83. The largest absolute Gasteiger partial charge is 0.435 e. The summed E-state index contributed by atoms with van der Waals surface area (Å²) in [7, 11) is 0. The van der Waals surface area contributed by atoms with Crippen LogP contribution < -0.4 is 10.4 Å². The minimum absolute atomic E-state index is 0.106. The van der Waals surface area contributed by atoms with Crippen molar-refractivity contribution >= 4 is 67.7 Å². The number of rotatable bonds is 6. The van der Waals surface area contributed by atoms with E-state index in [1.807, 2.05) is 0 Å². The van der Waals surface area contributed by atoms with Gasteiger partial charge in [-0.25, -0.2) is 22.9 Å². The molecule has 48 heavy (non-hydrogen) atoms. The number of hydroxylamine groups is 1. The molecule has 0 saturated carbocycles. The van der Waals surface area contributed by atoms with E-state index in [0.29, 0.717) is 0 Å². The Balaban J connectivity index is 1.73. The van der Waals surface area contributed by atoms with E-state index in [0.717, 1.165) is 60.8 Å². The van der Waals surface area contributed by atoms with Gasteiger partial charge in [-0.2, -0.15) is 30.7 Å². The Bertz CT molecular complexity index is 1850. The van der Waals surface area contributed by atoms with E-state index in [1.54, 1.807) is 0 Å². The second kappa shape index (κ2) is 13.7. The second-order valence-corrected chi connectivity index (χ2v) is 11.4. The highest BCUT2D eigenvalue weighted by atomic mass is 127. The first kappa shape index (κ1) is 36.6. The molecule has 0 unspecified atom stereocenters. The molecule has 0 spiro atoms. The molecular formula is C29H13BrF10IN3O4. The molecule has 0 fully saturated rings. The molecule has 0 atom stereocenters. The van der Waals surface area contributed by atoms with Crippen molar-refractivity contribution in [1.82, 2.24) is 4.98 Å². The molecule has 1 aromatic heterocycles. The van der Waals surface area contributed by atoms with E-state index in [1.165, 1.54) is 22.6 Å². The van der Waals surface area contributed by atoms with Crippen LogP contribution in [-0.2, 0) is 10.5 Å². The first-order valence-corrected chi connectivity index (χ1v) is 14.5.